The van der Waals surface area contributed by atoms with Crippen molar-refractivity contribution in [3.05, 3.63) is 65.7 Å². The van der Waals surface area contributed by atoms with Gasteiger partial charge in [-0.25, -0.2) is 0 Å². The first-order valence-corrected chi connectivity index (χ1v) is 9.76. The molecule has 2 aromatic rings. The third-order valence-electron chi connectivity index (χ3n) is 6.60. The average molecular weight is 361 g/mol. The monoisotopic (exact) mass is 361 g/mol. The maximum atomic E-state index is 12.9. The van der Waals surface area contributed by atoms with Crippen LogP contribution in [0.1, 0.15) is 48.1 Å². The van der Waals surface area contributed by atoms with Crippen molar-refractivity contribution in [1.29, 1.82) is 0 Å². The van der Waals surface area contributed by atoms with Crippen LogP contribution in [0.25, 0.3) is 0 Å². The largest absolute Gasteiger partial charge is 0.486 e. The number of ketones is 1. The molecule has 0 aromatic heterocycles. The number of amides is 1. The molecule has 0 bridgehead atoms. The number of carbonyl (C=O) groups is 2. The molecule has 1 amide bonds. The third-order valence-corrected chi connectivity index (χ3v) is 6.60. The van der Waals surface area contributed by atoms with Gasteiger partial charge in [0.05, 0.1) is 18.0 Å². The molecule has 2 saturated carbocycles. The molecule has 5 rings (SSSR count). The van der Waals surface area contributed by atoms with Crippen molar-refractivity contribution in [2.24, 2.45) is 17.8 Å². The van der Waals surface area contributed by atoms with Gasteiger partial charge in [0.15, 0.2) is 5.78 Å². The van der Waals surface area contributed by atoms with Gasteiger partial charge in [0, 0.05) is 11.8 Å². The zero-order valence-corrected chi connectivity index (χ0v) is 15.4. The zero-order valence-electron chi connectivity index (χ0n) is 15.4. The number of hydrogen-bond acceptors (Lipinski definition) is 3. The van der Waals surface area contributed by atoms with E-state index >= 15 is 0 Å². The van der Waals surface area contributed by atoms with Crippen LogP contribution in [-0.4, -0.2) is 17.3 Å². The molecule has 2 aromatic carbocycles. The summed E-state index contributed by atoms with van der Waals surface area (Å²) in [6.45, 7) is 2.01. The highest BCUT2D eigenvalue weighted by Crippen LogP contribution is 2.65. The number of carbonyl (C=O) groups excluding carboxylic acids is 2. The van der Waals surface area contributed by atoms with E-state index in [1.54, 1.807) is 0 Å². The Morgan fingerprint density at radius 2 is 1.89 bits per heavy atom. The van der Waals surface area contributed by atoms with E-state index in [0.717, 1.165) is 18.4 Å². The minimum Gasteiger partial charge on any atom is -0.486 e. The van der Waals surface area contributed by atoms with E-state index in [-0.39, 0.29) is 29.6 Å². The first-order chi connectivity index (χ1) is 13.1. The van der Waals surface area contributed by atoms with Gasteiger partial charge in [-0.1, -0.05) is 42.5 Å². The number of ether oxygens (including phenoxy) is 1. The molecule has 2 aliphatic carbocycles. The van der Waals surface area contributed by atoms with E-state index < -0.39 is 5.60 Å². The van der Waals surface area contributed by atoms with Gasteiger partial charge < -0.3 is 10.1 Å². The molecule has 0 unspecified atom stereocenters. The quantitative estimate of drug-likeness (QED) is 0.901. The highest BCUT2D eigenvalue weighted by Gasteiger charge is 2.70. The highest BCUT2D eigenvalue weighted by molar-refractivity contribution is 6.00. The summed E-state index contributed by atoms with van der Waals surface area (Å²) < 4.78 is 6.37. The predicted molar refractivity (Wildman–Crippen MR) is 101 cm³/mol. The van der Waals surface area contributed by atoms with Crippen molar-refractivity contribution in [3.63, 3.8) is 0 Å². The number of nitrogens with one attached hydrogen (secondary N) is 1. The highest BCUT2D eigenvalue weighted by atomic mass is 16.5. The lowest BCUT2D eigenvalue weighted by molar-refractivity contribution is -0.124. The number of fused-ring (bicyclic) bond motifs is 3. The van der Waals surface area contributed by atoms with Gasteiger partial charge in [-0.15, -0.1) is 0 Å². The normalized spacial score (nSPS) is 31.6. The number of para-hydroxylation sites is 1. The number of benzene rings is 2. The smallest absolute Gasteiger partial charge is 0.224 e. The van der Waals surface area contributed by atoms with Crippen molar-refractivity contribution in [1.82, 2.24) is 5.32 Å². The summed E-state index contributed by atoms with van der Waals surface area (Å²) in [7, 11) is 0. The molecule has 1 spiro atoms. The lowest BCUT2D eigenvalue weighted by Crippen LogP contribution is -2.44. The van der Waals surface area contributed by atoms with E-state index in [9.17, 15) is 9.59 Å². The van der Waals surface area contributed by atoms with Crippen LogP contribution in [0.4, 0.5) is 0 Å². The Morgan fingerprint density at radius 3 is 2.70 bits per heavy atom. The molecule has 27 heavy (non-hydrogen) atoms. The van der Waals surface area contributed by atoms with Crippen LogP contribution in [0.3, 0.4) is 0 Å². The molecular weight excluding hydrogens is 338 g/mol. The third kappa shape index (κ3) is 2.58. The predicted octanol–water partition coefficient (Wildman–Crippen LogP) is 3.92. The maximum absolute atomic E-state index is 12.9. The van der Waals surface area contributed by atoms with Crippen LogP contribution < -0.4 is 10.1 Å². The van der Waals surface area contributed by atoms with E-state index in [0.29, 0.717) is 23.7 Å². The molecule has 3 aliphatic rings. The first kappa shape index (κ1) is 16.5. The fourth-order valence-electron chi connectivity index (χ4n) is 5.25. The van der Waals surface area contributed by atoms with Crippen LogP contribution in [0.15, 0.2) is 54.6 Å². The molecule has 5 atom stereocenters. The summed E-state index contributed by atoms with van der Waals surface area (Å²) >= 11 is 0. The number of Topliss-reactive ketones (excluding diaryl/α,β-unsaturated/α-hetero) is 1. The van der Waals surface area contributed by atoms with E-state index in [1.807, 2.05) is 61.5 Å². The fourth-order valence-corrected chi connectivity index (χ4v) is 5.25. The second-order valence-corrected chi connectivity index (χ2v) is 8.16. The maximum Gasteiger partial charge on any atom is 0.224 e. The first-order valence-electron chi connectivity index (χ1n) is 9.76. The van der Waals surface area contributed by atoms with Crippen LogP contribution in [-0.2, 0) is 4.79 Å². The fraction of sp³-hybridized carbons (Fsp3) is 0.391. The standard InChI is InChI=1S/C23H23NO3/c1-14(15-7-3-2-4-8-15)24-22(26)20-17-11-12-23(21(17)20)13-18(25)16-9-5-6-10-19(16)27-23/h2-10,14,17,20-21H,11-13H2,1H3,(H,24,26)/t14-,17-,20+,21+,23-/m1/s1. The molecule has 0 radical (unpaired) electrons. The summed E-state index contributed by atoms with van der Waals surface area (Å²) in [5, 5.41) is 3.16. The SMILES string of the molecule is C[C@@H](NC(=O)[C@H]1[C@H]2CC[C@@]3(CC(=O)c4ccccc4O3)[C@@H]21)c1ccccc1. The molecule has 138 valence electrons. The van der Waals surface area contributed by atoms with Gasteiger partial charge in [-0.2, -0.15) is 0 Å². The second-order valence-electron chi connectivity index (χ2n) is 8.16. The topological polar surface area (TPSA) is 55.4 Å². The zero-order chi connectivity index (χ0) is 18.6. The Morgan fingerprint density at radius 1 is 1.15 bits per heavy atom. The van der Waals surface area contributed by atoms with Crippen LogP contribution in [0, 0.1) is 17.8 Å². The van der Waals surface area contributed by atoms with E-state index in [1.165, 1.54) is 0 Å². The van der Waals surface area contributed by atoms with Crippen molar-refractivity contribution in [2.75, 3.05) is 0 Å². The van der Waals surface area contributed by atoms with Gasteiger partial charge >= 0.3 is 0 Å². The molecular formula is C23H23NO3. The Balaban J connectivity index is 1.33. The Hall–Kier alpha value is -2.62. The van der Waals surface area contributed by atoms with Crippen LogP contribution >= 0.6 is 0 Å². The lowest BCUT2D eigenvalue weighted by atomic mass is 9.84. The van der Waals surface area contributed by atoms with Crippen LogP contribution in [0.5, 0.6) is 5.75 Å². The lowest BCUT2D eigenvalue weighted by Gasteiger charge is -2.37. The molecule has 0 saturated heterocycles. The van der Waals surface area contributed by atoms with Gasteiger partial charge in [-0.3, -0.25) is 9.59 Å². The summed E-state index contributed by atoms with van der Waals surface area (Å²) in [6, 6.07) is 17.4. The Kier molecular flexibility index (Phi) is 3.64. The minimum atomic E-state index is -0.492. The van der Waals surface area contributed by atoms with E-state index in [4.69, 9.17) is 4.74 Å². The van der Waals surface area contributed by atoms with Crippen LogP contribution in [0.2, 0.25) is 0 Å². The Bertz CT molecular complexity index is 909. The van der Waals surface area contributed by atoms with E-state index in [2.05, 4.69) is 5.32 Å². The van der Waals surface area contributed by atoms with Gasteiger partial charge in [-0.05, 0) is 43.4 Å². The van der Waals surface area contributed by atoms with Gasteiger partial charge in [0.25, 0.3) is 0 Å². The average Bonchev–Trinajstić information content (AvgIpc) is 3.34. The minimum absolute atomic E-state index is 0.0226. The number of rotatable bonds is 3. The summed E-state index contributed by atoms with van der Waals surface area (Å²) in [5.41, 5.74) is 1.28. The van der Waals surface area contributed by atoms with Crippen molar-refractivity contribution in [3.8, 4) is 5.75 Å². The van der Waals surface area contributed by atoms with Gasteiger partial charge in [0.2, 0.25) is 5.91 Å². The van der Waals surface area contributed by atoms with Crippen molar-refractivity contribution >= 4 is 11.7 Å². The summed E-state index contributed by atoms with van der Waals surface area (Å²) in [6.07, 6.45) is 2.21. The summed E-state index contributed by atoms with van der Waals surface area (Å²) in [4.78, 5) is 25.6. The molecule has 1 heterocycles. The van der Waals surface area contributed by atoms with Crippen molar-refractivity contribution in [2.45, 2.75) is 37.8 Å². The second kappa shape index (κ2) is 5.95. The molecule has 4 heteroatoms. The summed E-state index contributed by atoms with van der Waals surface area (Å²) in [5.74, 6) is 1.36. The molecule has 1 N–H and O–H groups in total. The molecule has 2 fully saturated rings. The number of hydrogen-bond donors (Lipinski definition) is 1. The van der Waals surface area contributed by atoms with Gasteiger partial charge in [0.1, 0.15) is 11.4 Å². The van der Waals surface area contributed by atoms with Crippen molar-refractivity contribution < 1.29 is 14.3 Å². The Labute approximate surface area is 158 Å². The molecule has 4 nitrogen and oxygen atoms in total. The molecule has 1 aliphatic heterocycles.